The van der Waals surface area contributed by atoms with Crippen LogP contribution < -0.4 is 5.73 Å². The number of hydrogen-bond acceptors (Lipinski definition) is 7. The van der Waals surface area contributed by atoms with Crippen LogP contribution in [0.4, 0.5) is 5.82 Å². The molecule has 6 heterocycles. The Morgan fingerprint density at radius 1 is 1.22 bits per heavy atom. The third kappa shape index (κ3) is 3.48. The Morgan fingerprint density at radius 3 is 2.61 bits per heavy atom. The first-order valence-corrected chi connectivity index (χ1v) is 12.2. The van der Waals surface area contributed by atoms with Crippen LogP contribution in [0.2, 0.25) is 0 Å². The second kappa shape index (κ2) is 8.56. The summed E-state index contributed by atoms with van der Waals surface area (Å²) < 4.78 is 1.67. The van der Waals surface area contributed by atoms with Gasteiger partial charge in [0.1, 0.15) is 18.1 Å². The average molecular weight is 485 g/mol. The molecule has 1 amide bonds. The molecule has 2 atom stereocenters. The molecule has 6 rings (SSSR count). The molecule has 2 fully saturated rings. The van der Waals surface area contributed by atoms with Gasteiger partial charge < -0.3 is 20.7 Å². The van der Waals surface area contributed by atoms with Gasteiger partial charge >= 0.3 is 0 Å². The molecule has 10 nitrogen and oxygen atoms in total. The Labute approximate surface area is 207 Å². The molecule has 184 valence electrons. The molecule has 36 heavy (non-hydrogen) atoms. The predicted molar refractivity (Wildman–Crippen MR) is 136 cm³/mol. The highest BCUT2D eigenvalue weighted by atomic mass is 16.3. The molecule has 4 N–H and O–H groups in total. The van der Waals surface area contributed by atoms with Gasteiger partial charge in [-0.25, -0.2) is 9.97 Å². The van der Waals surface area contributed by atoms with Crippen molar-refractivity contribution in [1.82, 2.24) is 34.4 Å². The van der Waals surface area contributed by atoms with Gasteiger partial charge in [-0.05, 0) is 44.2 Å². The highest BCUT2D eigenvalue weighted by Gasteiger charge is 2.44. The zero-order valence-corrected chi connectivity index (χ0v) is 20.1. The third-order valence-electron chi connectivity index (χ3n) is 7.50. The number of carbonyl (C=O) groups is 1. The summed E-state index contributed by atoms with van der Waals surface area (Å²) in [5.74, 6) is 1.16. The van der Waals surface area contributed by atoms with E-state index in [0.29, 0.717) is 17.3 Å². The fraction of sp³-hybridized carbons (Fsp3) is 0.346. The SMILES string of the molecule is C=C(C)c1c(C2CC3CCC(C2)N3C(=O)CO)nc2c(-c3ccc(-c4ncc[nH]4)nc3)cnn2c1N. The van der Waals surface area contributed by atoms with Crippen LogP contribution in [0.15, 0.2) is 43.5 Å². The lowest BCUT2D eigenvalue weighted by atomic mass is 9.84. The smallest absolute Gasteiger partial charge is 0.248 e. The molecule has 4 aromatic rings. The third-order valence-corrected chi connectivity index (χ3v) is 7.50. The number of nitrogens with two attached hydrogens (primary N) is 1. The van der Waals surface area contributed by atoms with E-state index in [2.05, 4.69) is 26.6 Å². The fourth-order valence-electron chi connectivity index (χ4n) is 5.96. The molecule has 2 saturated heterocycles. The Balaban J connectivity index is 1.42. The first-order chi connectivity index (χ1) is 17.5. The van der Waals surface area contributed by atoms with Crippen molar-refractivity contribution in [3.8, 4) is 22.6 Å². The molecule has 0 radical (unpaired) electrons. The predicted octanol–water partition coefficient (Wildman–Crippen LogP) is 3.03. The molecule has 10 heteroatoms. The van der Waals surface area contributed by atoms with Crippen LogP contribution in [0.1, 0.15) is 49.8 Å². The highest BCUT2D eigenvalue weighted by Crippen LogP contribution is 2.45. The molecule has 2 bridgehead atoms. The Bertz CT molecular complexity index is 1440. The van der Waals surface area contributed by atoms with Gasteiger partial charge in [-0.2, -0.15) is 9.61 Å². The van der Waals surface area contributed by atoms with Gasteiger partial charge in [0.25, 0.3) is 0 Å². The molecular formula is C26H28N8O2. The maximum atomic E-state index is 12.3. The van der Waals surface area contributed by atoms with Crippen molar-refractivity contribution in [3.63, 3.8) is 0 Å². The standard InChI is InChI=1S/C26H28N8O2/c1-14(2)22-23(16-9-17-4-5-18(10-16)33(17)21(36)13-35)32-26-19(12-31-34(26)24(22)27)15-3-6-20(30-11-15)25-28-7-8-29-25/h3,6-8,11-12,16-18,35H,1,4-5,9-10,13,27H2,2H3,(H,28,29). The van der Waals surface area contributed by atoms with Gasteiger partial charge in [-0.15, -0.1) is 0 Å². The minimum atomic E-state index is -0.447. The number of amides is 1. The van der Waals surface area contributed by atoms with Gasteiger partial charge in [0.2, 0.25) is 5.91 Å². The van der Waals surface area contributed by atoms with Crippen molar-refractivity contribution >= 4 is 22.9 Å². The van der Waals surface area contributed by atoms with Crippen molar-refractivity contribution in [2.24, 2.45) is 0 Å². The number of aromatic amines is 1. The van der Waals surface area contributed by atoms with E-state index in [9.17, 15) is 9.90 Å². The second-order valence-corrected chi connectivity index (χ2v) is 9.71. The highest BCUT2D eigenvalue weighted by molar-refractivity contribution is 5.82. The molecule has 2 aliphatic heterocycles. The summed E-state index contributed by atoms with van der Waals surface area (Å²) in [4.78, 5) is 31.3. The van der Waals surface area contributed by atoms with E-state index in [1.807, 2.05) is 24.0 Å². The number of nitrogens with zero attached hydrogens (tertiary/aromatic N) is 6. The molecule has 0 spiro atoms. The Kier molecular flexibility index (Phi) is 5.33. The average Bonchev–Trinajstić information content (AvgIpc) is 3.62. The second-order valence-electron chi connectivity index (χ2n) is 9.71. The fourth-order valence-corrected chi connectivity index (χ4v) is 5.96. The van der Waals surface area contributed by atoms with Crippen molar-refractivity contribution in [3.05, 3.63) is 54.8 Å². The van der Waals surface area contributed by atoms with Crippen molar-refractivity contribution in [1.29, 1.82) is 0 Å². The lowest BCUT2D eigenvalue weighted by Gasteiger charge is -2.39. The first kappa shape index (κ1) is 22.4. The topological polar surface area (TPSA) is 138 Å². The van der Waals surface area contributed by atoms with Crippen LogP contribution in [0, 0.1) is 0 Å². The Morgan fingerprint density at radius 2 is 2.00 bits per heavy atom. The number of nitrogen functional groups attached to an aromatic ring is 1. The molecule has 4 aromatic heterocycles. The summed E-state index contributed by atoms with van der Waals surface area (Å²) >= 11 is 0. The minimum Gasteiger partial charge on any atom is -0.387 e. The number of aromatic nitrogens is 6. The van der Waals surface area contributed by atoms with E-state index >= 15 is 0 Å². The number of rotatable bonds is 5. The van der Waals surface area contributed by atoms with E-state index in [-0.39, 0.29) is 23.9 Å². The van der Waals surface area contributed by atoms with Crippen molar-refractivity contribution < 1.29 is 9.90 Å². The monoisotopic (exact) mass is 484 g/mol. The largest absolute Gasteiger partial charge is 0.387 e. The van der Waals surface area contributed by atoms with Crippen LogP contribution in [0.5, 0.6) is 0 Å². The lowest BCUT2D eigenvalue weighted by molar-refractivity contribution is -0.138. The van der Waals surface area contributed by atoms with Gasteiger partial charge in [0.05, 0.1) is 11.9 Å². The van der Waals surface area contributed by atoms with Crippen LogP contribution >= 0.6 is 0 Å². The number of imidazole rings is 1. The number of carbonyl (C=O) groups excluding carboxylic acids is 1. The van der Waals surface area contributed by atoms with Gasteiger partial charge in [-0.3, -0.25) is 9.78 Å². The van der Waals surface area contributed by atoms with Gasteiger partial charge in [-0.1, -0.05) is 12.6 Å². The maximum Gasteiger partial charge on any atom is 0.248 e. The van der Waals surface area contributed by atoms with Gasteiger partial charge in [0, 0.05) is 53.3 Å². The number of aliphatic hydroxyl groups is 1. The molecule has 0 aromatic carbocycles. The first-order valence-electron chi connectivity index (χ1n) is 12.2. The van der Waals surface area contributed by atoms with Crippen molar-refractivity contribution in [2.45, 2.75) is 50.6 Å². The number of nitrogens with one attached hydrogen (secondary N) is 1. The van der Waals surface area contributed by atoms with Gasteiger partial charge in [0.15, 0.2) is 11.5 Å². The normalized spacial score (nSPS) is 21.3. The number of allylic oxidation sites excluding steroid dienone is 1. The number of pyridine rings is 1. The number of anilines is 1. The summed E-state index contributed by atoms with van der Waals surface area (Å²) in [6.07, 6.45) is 10.5. The van der Waals surface area contributed by atoms with Crippen LogP contribution in [0.3, 0.4) is 0 Å². The molecule has 2 aliphatic rings. The summed E-state index contributed by atoms with van der Waals surface area (Å²) in [6, 6.07) is 4.10. The van der Waals surface area contributed by atoms with E-state index in [1.54, 1.807) is 29.3 Å². The number of hydrogen-bond donors (Lipinski definition) is 3. The number of H-pyrrole nitrogens is 1. The lowest BCUT2D eigenvalue weighted by Crippen LogP contribution is -2.47. The zero-order chi connectivity index (χ0) is 25.0. The summed E-state index contributed by atoms with van der Waals surface area (Å²) in [6.45, 7) is 5.67. The summed E-state index contributed by atoms with van der Waals surface area (Å²) in [5.41, 5.74) is 12.4. The van der Waals surface area contributed by atoms with E-state index < -0.39 is 6.61 Å². The van der Waals surface area contributed by atoms with Crippen LogP contribution in [-0.4, -0.2) is 64.2 Å². The maximum absolute atomic E-state index is 12.3. The number of aliphatic hydroxyl groups excluding tert-OH is 1. The minimum absolute atomic E-state index is 0.105. The molecule has 2 unspecified atom stereocenters. The number of piperidine rings is 1. The molecule has 0 aliphatic carbocycles. The number of fused-ring (bicyclic) bond motifs is 3. The molecular weight excluding hydrogens is 456 g/mol. The summed E-state index contributed by atoms with van der Waals surface area (Å²) in [5, 5.41) is 14.0. The van der Waals surface area contributed by atoms with Crippen LogP contribution in [0.25, 0.3) is 33.9 Å². The quantitative estimate of drug-likeness (QED) is 0.396. The van der Waals surface area contributed by atoms with Crippen molar-refractivity contribution in [2.75, 3.05) is 12.3 Å². The van der Waals surface area contributed by atoms with E-state index in [4.69, 9.17) is 10.7 Å². The zero-order valence-electron chi connectivity index (χ0n) is 20.1. The van der Waals surface area contributed by atoms with E-state index in [1.165, 1.54) is 0 Å². The Hall–Kier alpha value is -4.05. The van der Waals surface area contributed by atoms with Crippen LogP contribution in [-0.2, 0) is 4.79 Å². The molecule has 0 saturated carbocycles. The van der Waals surface area contributed by atoms with E-state index in [0.717, 1.165) is 59.3 Å². The summed E-state index contributed by atoms with van der Waals surface area (Å²) in [7, 11) is 0.